The summed E-state index contributed by atoms with van der Waals surface area (Å²) in [5, 5.41) is 22.2. The van der Waals surface area contributed by atoms with Gasteiger partial charge in [-0.25, -0.2) is 4.98 Å². The minimum atomic E-state index is -0.177. The SMILES string of the molecule is N#Cc1ccc(-c2cc(Nc3ccc(C(=O)NCCCN4CCOCC4)nc3)[nH]n2)s1. The molecule has 31 heavy (non-hydrogen) atoms. The van der Waals surface area contributed by atoms with Crippen LogP contribution in [0.2, 0.25) is 0 Å². The Balaban J connectivity index is 1.25. The largest absolute Gasteiger partial charge is 0.379 e. The summed E-state index contributed by atoms with van der Waals surface area (Å²) in [6.07, 6.45) is 2.51. The molecular formula is C21H23N7O2S. The summed E-state index contributed by atoms with van der Waals surface area (Å²) in [7, 11) is 0. The van der Waals surface area contributed by atoms with Crippen molar-refractivity contribution in [3.8, 4) is 16.6 Å². The molecule has 9 nitrogen and oxygen atoms in total. The van der Waals surface area contributed by atoms with Gasteiger partial charge in [-0.2, -0.15) is 10.4 Å². The first-order chi connectivity index (χ1) is 15.2. The molecule has 0 spiro atoms. The second-order valence-corrected chi connectivity index (χ2v) is 8.15. The molecule has 1 fully saturated rings. The van der Waals surface area contributed by atoms with Crippen molar-refractivity contribution in [3.05, 3.63) is 47.1 Å². The molecule has 1 saturated heterocycles. The quantitative estimate of drug-likeness (QED) is 0.464. The number of hydrogen-bond donors (Lipinski definition) is 3. The molecule has 1 aliphatic heterocycles. The highest BCUT2D eigenvalue weighted by Gasteiger charge is 2.11. The van der Waals surface area contributed by atoms with Gasteiger partial charge < -0.3 is 15.4 Å². The Morgan fingerprint density at radius 1 is 1.29 bits per heavy atom. The standard InChI is InChI=1S/C21H23N7O2S/c22-13-16-3-5-19(31-16)18-12-20(27-26-18)25-15-2-4-17(24-14-15)21(29)23-6-1-7-28-8-10-30-11-9-28/h2-5,12,14H,1,6-11H2,(H,23,29)(H2,25,26,27). The number of nitrogens with zero attached hydrogens (tertiary/aromatic N) is 4. The number of ether oxygens (including phenoxy) is 1. The third-order valence-electron chi connectivity index (χ3n) is 4.86. The lowest BCUT2D eigenvalue weighted by molar-refractivity contribution is 0.0374. The van der Waals surface area contributed by atoms with Gasteiger partial charge in [-0.05, 0) is 37.2 Å². The minimum absolute atomic E-state index is 0.177. The first kappa shape index (κ1) is 21.0. The van der Waals surface area contributed by atoms with Crippen molar-refractivity contribution in [2.45, 2.75) is 6.42 Å². The first-order valence-electron chi connectivity index (χ1n) is 10.1. The number of pyridine rings is 1. The summed E-state index contributed by atoms with van der Waals surface area (Å²) in [5.41, 5.74) is 1.88. The van der Waals surface area contributed by atoms with Gasteiger partial charge in [0.1, 0.15) is 28.2 Å². The van der Waals surface area contributed by atoms with Crippen molar-refractivity contribution in [1.82, 2.24) is 25.4 Å². The number of anilines is 2. The van der Waals surface area contributed by atoms with E-state index >= 15 is 0 Å². The fourth-order valence-electron chi connectivity index (χ4n) is 3.23. The highest BCUT2D eigenvalue weighted by Crippen LogP contribution is 2.28. The van der Waals surface area contributed by atoms with Gasteiger partial charge in [-0.15, -0.1) is 11.3 Å². The monoisotopic (exact) mass is 437 g/mol. The molecule has 3 N–H and O–H groups in total. The van der Waals surface area contributed by atoms with Crippen LogP contribution in [-0.2, 0) is 4.74 Å². The van der Waals surface area contributed by atoms with E-state index in [2.05, 4.69) is 36.8 Å². The minimum Gasteiger partial charge on any atom is -0.379 e. The molecule has 4 heterocycles. The molecular weight excluding hydrogens is 414 g/mol. The Morgan fingerprint density at radius 3 is 2.90 bits per heavy atom. The van der Waals surface area contributed by atoms with Crippen LogP contribution < -0.4 is 10.6 Å². The number of amides is 1. The number of carbonyl (C=O) groups excluding carboxylic acids is 1. The zero-order valence-corrected chi connectivity index (χ0v) is 17.7. The van der Waals surface area contributed by atoms with Gasteiger partial charge in [0.25, 0.3) is 5.91 Å². The maximum Gasteiger partial charge on any atom is 0.269 e. The fourth-order valence-corrected chi connectivity index (χ4v) is 3.99. The number of carbonyl (C=O) groups is 1. The van der Waals surface area contributed by atoms with Crippen molar-refractivity contribution in [1.29, 1.82) is 5.26 Å². The van der Waals surface area contributed by atoms with Crippen LogP contribution in [0.4, 0.5) is 11.5 Å². The summed E-state index contributed by atoms with van der Waals surface area (Å²) in [5.74, 6) is 0.521. The van der Waals surface area contributed by atoms with E-state index in [-0.39, 0.29) is 5.91 Å². The molecule has 4 rings (SSSR count). The molecule has 1 amide bonds. The summed E-state index contributed by atoms with van der Waals surface area (Å²) in [4.78, 5) is 20.4. The third kappa shape index (κ3) is 5.67. The molecule has 10 heteroatoms. The molecule has 0 atom stereocenters. The number of nitrogens with one attached hydrogen (secondary N) is 3. The molecule has 160 valence electrons. The summed E-state index contributed by atoms with van der Waals surface area (Å²) < 4.78 is 5.34. The Kier molecular flexibility index (Phi) is 6.89. The molecule has 1 aliphatic rings. The van der Waals surface area contributed by atoms with E-state index in [0.717, 1.165) is 55.5 Å². The van der Waals surface area contributed by atoms with Crippen LogP contribution in [0.5, 0.6) is 0 Å². The average Bonchev–Trinajstić information content (AvgIpc) is 3.47. The second-order valence-electron chi connectivity index (χ2n) is 7.06. The molecule has 0 aliphatic carbocycles. The number of thiophene rings is 1. The topological polar surface area (TPSA) is 119 Å². The lowest BCUT2D eigenvalue weighted by Gasteiger charge is -2.26. The normalized spacial score (nSPS) is 14.2. The number of aromatic nitrogens is 3. The van der Waals surface area contributed by atoms with Crippen molar-refractivity contribution < 1.29 is 9.53 Å². The average molecular weight is 438 g/mol. The van der Waals surface area contributed by atoms with Crippen LogP contribution in [0.1, 0.15) is 21.8 Å². The van der Waals surface area contributed by atoms with Crippen LogP contribution in [0.15, 0.2) is 36.5 Å². The summed E-state index contributed by atoms with van der Waals surface area (Å²) in [6, 6.07) is 11.1. The van der Waals surface area contributed by atoms with Crippen molar-refractivity contribution in [2.24, 2.45) is 0 Å². The predicted octanol–water partition coefficient (Wildman–Crippen LogP) is 2.60. The van der Waals surface area contributed by atoms with E-state index in [1.807, 2.05) is 12.1 Å². The van der Waals surface area contributed by atoms with Crippen LogP contribution >= 0.6 is 11.3 Å². The molecule has 0 saturated carbocycles. The predicted molar refractivity (Wildman–Crippen MR) is 118 cm³/mol. The number of aromatic amines is 1. The molecule has 0 aromatic carbocycles. The van der Waals surface area contributed by atoms with Gasteiger partial charge in [0, 0.05) is 25.7 Å². The van der Waals surface area contributed by atoms with E-state index in [1.165, 1.54) is 11.3 Å². The van der Waals surface area contributed by atoms with Gasteiger partial charge in [0.2, 0.25) is 0 Å². The summed E-state index contributed by atoms with van der Waals surface area (Å²) >= 11 is 1.39. The van der Waals surface area contributed by atoms with Gasteiger partial charge in [-0.3, -0.25) is 14.8 Å². The zero-order valence-electron chi connectivity index (χ0n) is 16.9. The van der Waals surface area contributed by atoms with Crippen molar-refractivity contribution in [3.63, 3.8) is 0 Å². The molecule has 0 radical (unpaired) electrons. The van der Waals surface area contributed by atoms with Crippen LogP contribution in [0.3, 0.4) is 0 Å². The van der Waals surface area contributed by atoms with Crippen LogP contribution in [0.25, 0.3) is 10.6 Å². The fraction of sp³-hybridized carbons (Fsp3) is 0.333. The van der Waals surface area contributed by atoms with Gasteiger partial charge in [-0.1, -0.05) is 0 Å². The maximum atomic E-state index is 12.3. The smallest absolute Gasteiger partial charge is 0.269 e. The Bertz CT molecular complexity index is 1050. The van der Waals surface area contributed by atoms with Crippen molar-refractivity contribution in [2.75, 3.05) is 44.7 Å². The lowest BCUT2D eigenvalue weighted by atomic mass is 10.3. The van der Waals surface area contributed by atoms with E-state index in [4.69, 9.17) is 10.00 Å². The second kappa shape index (κ2) is 10.2. The van der Waals surface area contributed by atoms with E-state index < -0.39 is 0 Å². The highest BCUT2D eigenvalue weighted by molar-refractivity contribution is 7.15. The third-order valence-corrected chi connectivity index (χ3v) is 5.87. The zero-order chi connectivity index (χ0) is 21.5. The number of rotatable bonds is 8. The van der Waals surface area contributed by atoms with Crippen LogP contribution in [0, 0.1) is 11.3 Å². The van der Waals surface area contributed by atoms with Gasteiger partial charge in [0.05, 0.1) is 30.0 Å². The number of hydrogen-bond acceptors (Lipinski definition) is 8. The molecule has 3 aromatic rings. The molecule has 0 unspecified atom stereocenters. The summed E-state index contributed by atoms with van der Waals surface area (Å²) in [6.45, 7) is 5.05. The van der Waals surface area contributed by atoms with Gasteiger partial charge in [0.15, 0.2) is 0 Å². The number of H-pyrrole nitrogens is 1. The van der Waals surface area contributed by atoms with Crippen molar-refractivity contribution >= 4 is 28.7 Å². The van der Waals surface area contributed by atoms with Gasteiger partial charge >= 0.3 is 0 Å². The molecule has 3 aromatic heterocycles. The van der Waals surface area contributed by atoms with E-state index in [0.29, 0.717) is 22.9 Å². The Morgan fingerprint density at radius 2 is 2.16 bits per heavy atom. The van der Waals surface area contributed by atoms with Crippen LogP contribution in [-0.4, -0.2) is 65.4 Å². The first-order valence-corrected chi connectivity index (χ1v) is 10.9. The Hall–Kier alpha value is -3.26. The lowest BCUT2D eigenvalue weighted by Crippen LogP contribution is -2.38. The molecule has 0 bridgehead atoms. The van der Waals surface area contributed by atoms with E-state index in [9.17, 15) is 4.79 Å². The highest BCUT2D eigenvalue weighted by atomic mass is 32.1. The number of nitriles is 1. The Labute approximate surface area is 184 Å². The number of morpholine rings is 1. The maximum absolute atomic E-state index is 12.3. The van der Waals surface area contributed by atoms with E-state index in [1.54, 1.807) is 24.4 Å².